The van der Waals surface area contributed by atoms with E-state index in [4.69, 9.17) is 10.4 Å². The van der Waals surface area contributed by atoms with Crippen LogP contribution in [0.25, 0.3) is 10.4 Å². The summed E-state index contributed by atoms with van der Waals surface area (Å²) in [6, 6.07) is 0. The zero-order valence-electron chi connectivity index (χ0n) is 10.6. The first kappa shape index (κ1) is 15.0. The van der Waals surface area contributed by atoms with Crippen LogP contribution >= 0.6 is 0 Å². The maximum absolute atomic E-state index is 11.4. The summed E-state index contributed by atoms with van der Waals surface area (Å²) in [6.07, 6.45) is 3.43. The number of carbonyl (C=O) groups is 3. The molecule has 0 saturated carbocycles. The van der Waals surface area contributed by atoms with E-state index in [2.05, 4.69) is 10.0 Å². The molecule has 0 aromatic heterocycles. The number of carbonyl (C=O) groups excluding carboxylic acids is 3. The lowest BCUT2D eigenvalue weighted by Gasteiger charge is -2.12. The van der Waals surface area contributed by atoms with Crippen LogP contribution in [0.15, 0.2) is 5.11 Å². The van der Waals surface area contributed by atoms with Gasteiger partial charge in [0.1, 0.15) is 0 Å². The standard InChI is InChI=1S/C11H16N4O4/c12-14-13-8-4-2-1-3-5-11(18)19-15-9(16)6-7-10(15)17/h1-8H2. The molecule has 1 saturated heterocycles. The van der Waals surface area contributed by atoms with Crippen molar-refractivity contribution in [2.45, 2.75) is 44.9 Å². The van der Waals surface area contributed by atoms with Gasteiger partial charge >= 0.3 is 5.97 Å². The van der Waals surface area contributed by atoms with E-state index >= 15 is 0 Å². The third-order valence-electron chi connectivity index (χ3n) is 2.65. The Labute approximate surface area is 110 Å². The van der Waals surface area contributed by atoms with Gasteiger partial charge in [-0.05, 0) is 18.4 Å². The number of hydrogen-bond donors (Lipinski definition) is 0. The highest BCUT2D eigenvalue weighted by Gasteiger charge is 2.32. The van der Waals surface area contributed by atoms with E-state index in [9.17, 15) is 14.4 Å². The third-order valence-corrected chi connectivity index (χ3v) is 2.65. The molecule has 1 rings (SSSR count). The Bertz CT molecular complexity index is 387. The molecule has 19 heavy (non-hydrogen) atoms. The Hall–Kier alpha value is -2.08. The van der Waals surface area contributed by atoms with Crippen molar-refractivity contribution in [3.63, 3.8) is 0 Å². The lowest BCUT2D eigenvalue weighted by molar-refractivity contribution is -0.197. The predicted octanol–water partition coefficient (Wildman–Crippen LogP) is 1.85. The molecule has 8 heteroatoms. The first-order chi connectivity index (χ1) is 9.15. The highest BCUT2D eigenvalue weighted by molar-refractivity contribution is 6.01. The Morgan fingerprint density at radius 1 is 1.21 bits per heavy atom. The Morgan fingerprint density at radius 2 is 1.84 bits per heavy atom. The second-order valence-electron chi connectivity index (χ2n) is 4.16. The van der Waals surface area contributed by atoms with E-state index in [1.165, 1.54) is 0 Å². The van der Waals surface area contributed by atoms with Gasteiger partial charge in [-0.25, -0.2) is 4.79 Å². The van der Waals surface area contributed by atoms with Gasteiger partial charge in [-0.1, -0.05) is 18.0 Å². The van der Waals surface area contributed by atoms with Crippen molar-refractivity contribution >= 4 is 17.8 Å². The summed E-state index contributed by atoms with van der Waals surface area (Å²) in [5.74, 6) is -1.50. The molecule has 1 fully saturated rings. The van der Waals surface area contributed by atoms with Gasteiger partial charge in [0.25, 0.3) is 11.8 Å². The molecular weight excluding hydrogens is 252 g/mol. The van der Waals surface area contributed by atoms with Crippen molar-refractivity contribution in [3.05, 3.63) is 10.4 Å². The predicted molar refractivity (Wildman–Crippen MR) is 64.3 cm³/mol. The number of hydrogen-bond acceptors (Lipinski definition) is 5. The lowest BCUT2D eigenvalue weighted by Crippen LogP contribution is -2.31. The first-order valence-corrected chi connectivity index (χ1v) is 6.22. The van der Waals surface area contributed by atoms with E-state index in [1.807, 2.05) is 0 Å². The van der Waals surface area contributed by atoms with Crippen molar-refractivity contribution in [1.82, 2.24) is 5.06 Å². The van der Waals surface area contributed by atoms with Crippen LogP contribution in [0.2, 0.25) is 0 Å². The summed E-state index contributed by atoms with van der Waals surface area (Å²) in [4.78, 5) is 41.1. The largest absolute Gasteiger partial charge is 0.333 e. The van der Waals surface area contributed by atoms with Gasteiger partial charge in [0, 0.05) is 30.7 Å². The molecule has 0 unspecified atom stereocenters. The second kappa shape index (κ2) is 8.10. The average Bonchev–Trinajstić information content (AvgIpc) is 2.69. The van der Waals surface area contributed by atoms with Gasteiger partial charge in [0.05, 0.1) is 0 Å². The van der Waals surface area contributed by atoms with E-state index in [0.717, 1.165) is 19.3 Å². The molecular formula is C11H16N4O4. The highest BCUT2D eigenvalue weighted by Crippen LogP contribution is 2.13. The summed E-state index contributed by atoms with van der Waals surface area (Å²) >= 11 is 0. The van der Waals surface area contributed by atoms with E-state index < -0.39 is 17.8 Å². The molecule has 0 atom stereocenters. The summed E-state index contributed by atoms with van der Waals surface area (Å²) < 4.78 is 0. The first-order valence-electron chi connectivity index (χ1n) is 6.22. The number of rotatable bonds is 8. The number of amides is 2. The number of hydroxylamine groups is 2. The molecule has 0 N–H and O–H groups in total. The van der Waals surface area contributed by atoms with Crippen LogP contribution in [-0.4, -0.2) is 29.4 Å². The van der Waals surface area contributed by atoms with Crippen molar-refractivity contribution in [1.29, 1.82) is 0 Å². The molecule has 0 aromatic carbocycles. The van der Waals surface area contributed by atoms with E-state index in [0.29, 0.717) is 18.0 Å². The lowest BCUT2D eigenvalue weighted by atomic mass is 10.1. The van der Waals surface area contributed by atoms with Crippen molar-refractivity contribution in [2.24, 2.45) is 5.11 Å². The maximum atomic E-state index is 11.4. The minimum Gasteiger partial charge on any atom is -0.330 e. The normalized spacial score (nSPS) is 14.4. The fraction of sp³-hybridized carbons (Fsp3) is 0.727. The van der Waals surface area contributed by atoms with Crippen molar-refractivity contribution in [2.75, 3.05) is 6.54 Å². The SMILES string of the molecule is [N-]=[N+]=NCCCCCCC(=O)ON1C(=O)CCC1=O. The van der Waals surface area contributed by atoms with Gasteiger partial charge in [0.15, 0.2) is 0 Å². The third kappa shape index (κ3) is 5.39. The number of azide groups is 1. The summed E-state index contributed by atoms with van der Waals surface area (Å²) in [5, 5.41) is 3.96. The van der Waals surface area contributed by atoms with Gasteiger partial charge in [0.2, 0.25) is 0 Å². The van der Waals surface area contributed by atoms with Crippen LogP contribution < -0.4 is 0 Å². The smallest absolute Gasteiger partial charge is 0.330 e. The molecule has 0 aliphatic carbocycles. The van der Waals surface area contributed by atoms with Gasteiger partial charge < -0.3 is 4.84 Å². The van der Waals surface area contributed by atoms with E-state index in [1.54, 1.807) is 0 Å². The fourth-order valence-corrected chi connectivity index (χ4v) is 1.66. The topological polar surface area (TPSA) is 112 Å². The monoisotopic (exact) mass is 268 g/mol. The molecule has 1 heterocycles. The number of nitrogens with zero attached hydrogens (tertiary/aromatic N) is 4. The highest BCUT2D eigenvalue weighted by atomic mass is 16.7. The molecule has 8 nitrogen and oxygen atoms in total. The summed E-state index contributed by atoms with van der Waals surface area (Å²) in [6.45, 7) is 0.456. The molecule has 104 valence electrons. The van der Waals surface area contributed by atoms with Gasteiger partial charge in [-0.2, -0.15) is 0 Å². The second-order valence-corrected chi connectivity index (χ2v) is 4.16. The van der Waals surface area contributed by atoms with Gasteiger partial charge in [-0.15, -0.1) is 5.06 Å². The maximum Gasteiger partial charge on any atom is 0.333 e. The minimum absolute atomic E-state index is 0.103. The molecule has 2 amide bonds. The average molecular weight is 268 g/mol. The molecule has 0 aromatic rings. The zero-order valence-corrected chi connectivity index (χ0v) is 10.6. The Balaban J connectivity index is 2.09. The minimum atomic E-state index is -0.571. The van der Waals surface area contributed by atoms with Crippen LogP contribution in [0.1, 0.15) is 44.9 Å². The summed E-state index contributed by atoms with van der Waals surface area (Å²) in [7, 11) is 0. The molecule has 0 spiro atoms. The zero-order chi connectivity index (χ0) is 14.1. The summed E-state index contributed by atoms with van der Waals surface area (Å²) in [5.41, 5.74) is 8.06. The van der Waals surface area contributed by atoms with Crippen LogP contribution in [0.3, 0.4) is 0 Å². The van der Waals surface area contributed by atoms with Crippen LogP contribution in [-0.2, 0) is 19.2 Å². The quantitative estimate of drug-likeness (QED) is 0.220. The van der Waals surface area contributed by atoms with E-state index in [-0.39, 0.29) is 19.3 Å². The molecule has 1 aliphatic heterocycles. The van der Waals surface area contributed by atoms with Crippen LogP contribution in [0.5, 0.6) is 0 Å². The number of unbranched alkanes of at least 4 members (excludes halogenated alkanes) is 3. The Morgan fingerprint density at radius 3 is 2.47 bits per heavy atom. The molecule has 0 radical (unpaired) electrons. The molecule has 1 aliphatic rings. The van der Waals surface area contributed by atoms with Crippen LogP contribution in [0.4, 0.5) is 0 Å². The Kier molecular flexibility index (Phi) is 6.38. The van der Waals surface area contributed by atoms with Crippen LogP contribution in [0, 0.1) is 0 Å². The van der Waals surface area contributed by atoms with Crippen molar-refractivity contribution in [3.8, 4) is 0 Å². The van der Waals surface area contributed by atoms with Crippen molar-refractivity contribution < 1.29 is 19.2 Å². The number of imide groups is 1. The van der Waals surface area contributed by atoms with Gasteiger partial charge in [-0.3, -0.25) is 9.59 Å². The molecule has 0 bridgehead atoms. The fourth-order valence-electron chi connectivity index (χ4n) is 1.66.